The van der Waals surface area contributed by atoms with Crippen LogP contribution in [0.5, 0.6) is 0 Å². The van der Waals surface area contributed by atoms with Crippen LogP contribution in [0.25, 0.3) is 0 Å². The van der Waals surface area contributed by atoms with Crippen molar-refractivity contribution < 1.29 is 19.0 Å². The molecular formula is C16H29NO4. The molecule has 0 aliphatic carbocycles. The summed E-state index contributed by atoms with van der Waals surface area (Å²) in [6, 6.07) is 0. The molecule has 2 aliphatic rings. The molecule has 0 aromatic heterocycles. The molecule has 0 bridgehead atoms. The van der Waals surface area contributed by atoms with E-state index in [4.69, 9.17) is 14.2 Å². The predicted molar refractivity (Wildman–Crippen MR) is 80.2 cm³/mol. The summed E-state index contributed by atoms with van der Waals surface area (Å²) >= 11 is 0. The highest BCUT2D eigenvalue weighted by atomic mass is 16.6. The molecule has 2 fully saturated rings. The highest BCUT2D eigenvalue weighted by Gasteiger charge is 2.41. The first-order valence-corrected chi connectivity index (χ1v) is 8.36. The van der Waals surface area contributed by atoms with Crippen molar-refractivity contribution in [2.45, 2.75) is 63.6 Å². The SMILES string of the molecule is CCOC(=O)CCCCCOC1COC2(CCNCC2)C1. The van der Waals surface area contributed by atoms with E-state index in [-0.39, 0.29) is 17.7 Å². The minimum atomic E-state index is -0.0875. The average molecular weight is 299 g/mol. The van der Waals surface area contributed by atoms with Crippen molar-refractivity contribution in [1.29, 1.82) is 0 Å². The van der Waals surface area contributed by atoms with Gasteiger partial charge >= 0.3 is 5.97 Å². The minimum Gasteiger partial charge on any atom is -0.466 e. The fourth-order valence-electron chi connectivity index (χ4n) is 3.17. The van der Waals surface area contributed by atoms with Gasteiger partial charge in [0.25, 0.3) is 0 Å². The molecule has 5 heteroatoms. The van der Waals surface area contributed by atoms with E-state index in [1.165, 1.54) is 0 Å². The summed E-state index contributed by atoms with van der Waals surface area (Å²) < 4.78 is 16.8. The zero-order chi connectivity index (χ0) is 15.0. The van der Waals surface area contributed by atoms with Gasteiger partial charge in [-0.05, 0) is 45.7 Å². The Labute approximate surface area is 127 Å². The third-order valence-corrected chi connectivity index (χ3v) is 4.37. The first-order chi connectivity index (χ1) is 10.2. The summed E-state index contributed by atoms with van der Waals surface area (Å²) in [5, 5.41) is 3.38. The minimum absolute atomic E-state index is 0.0832. The number of carbonyl (C=O) groups is 1. The molecule has 2 rings (SSSR count). The molecule has 0 aromatic carbocycles. The van der Waals surface area contributed by atoms with E-state index in [9.17, 15) is 4.79 Å². The summed E-state index contributed by atoms with van der Waals surface area (Å²) in [5.41, 5.74) is 0.0832. The van der Waals surface area contributed by atoms with E-state index in [0.717, 1.165) is 64.8 Å². The summed E-state index contributed by atoms with van der Waals surface area (Å²) in [6.07, 6.45) is 6.94. The molecule has 0 saturated carbocycles. The summed E-state index contributed by atoms with van der Waals surface area (Å²) in [6.45, 7) is 5.93. The highest BCUT2D eigenvalue weighted by molar-refractivity contribution is 5.69. The quantitative estimate of drug-likeness (QED) is 0.549. The Hall–Kier alpha value is -0.650. The number of carbonyl (C=O) groups excluding carboxylic acids is 1. The van der Waals surface area contributed by atoms with Gasteiger partial charge in [-0.15, -0.1) is 0 Å². The zero-order valence-electron chi connectivity index (χ0n) is 13.2. The zero-order valence-corrected chi connectivity index (χ0v) is 13.2. The van der Waals surface area contributed by atoms with Crippen LogP contribution in [-0.4, -0.2) is 50.6 Å². The van der Waals surface area contributed by atoms with E-state index < -0.39 is 0 Å². The van der Waals surface area contributed by atoms with Gasteiger partial charge in [-0.25, -0.2) is 0 Å². The Kier molecular flexibility index (Phi) is 6.93. The van der Waals surface area contributed by atoms with Crippen molar-refractivity contribution in [2.75, 3.05) is 32.9 Å². The van der Waals surface area contributed by atoms with Crippen LogP contribution in [0.1, 0.15) is 51.9 Å². The van der Waals surface area contributed by atoms with Gasteiger partial charge < -0.3 is 19.5 Å². The van der Waals surface area contributed by atoms with Crippen molar-refractivity contribution in [3.63, 3.8) is 0 Å². The van der Waals surface area contributed by atoms with Gasteiger partial charge in [0.15, 0.2) is 0 Å². The topological polar surface area (TPSA) is 56.8 Å². The van der Waals surface area contributed by atoms with Crippen LogP contribution in [0, 0.1) is 0 Å². The average Bonchev–Trinajstić information content (AvgIpc) is 2.86. The van der Waals surface area contributed by atoms with Gasteiger partial charge in [-0.1, -0.05) is 6.42 Å². The number of hydrogen-bond acceptors (Lipinski definition) is 5. The van der Waals surface area contributed by atoms with Crippen LogP contribution in [0.4, 0.5) is 0 Å². The molecule has 0 radical (unpaired) electrons. The van der Waals surface area contributed by atoms with Crippen LogP contribution < -0.4 is 5.32 Å². The molecule has 21 heavy (non-hydrogen) atoms. The molecule has 2 aliphatic heterocycles. The largest absolute Gasteiger partial charge is 0.466 e. The molecule has 0 amide bonds. The lowest BCUT2D eigenvalue weighted by molar-refractivity contribution is -0.143. The van der Waals surface area contributed by atoms with Gasteiger partial charge in [0.1, 0.15) is 0 Å². The van der Waals surface area contributed by atoms with Crippen LogP contribution in [0.15, 0.2) is 0 Å². The Morgan fingerprint density at radius 3 is 2.86 bits per heavy atom. The number of esters is 1. The van der Waals surface area contributed by atoms with Crippen LogP contribution in [0.2, 0.25) is 0 Å². The van der Waals surface area contributed by atoms with Crippen molar-refractivity contribution in [3.05, 3.63) is 0 Å². The van der Waals surface area contributed by atoms with E-state index in [0.29, 0.717) is 13.0 Å². The lowest BCUT2D eigenvalue weighted by Gasteiger charge is -2.32. The maximum atomic E-state index is 11.2. The number of hydrogen-bond donors (Lipinski definition) is 1. The van der Waals surface area contributed by atoms with Crippen molar-refractivity contribution in [1.82, 2.24) is 5.32 Å². The summed E-state index contributed by atoms with van der Waals surface area (Å²) in [7, 11) is 0. The predicted octanol–water partition coefficient (Wildman–Crippen LogP) is 2.04. The smallest absolute Gasteiger partial charge is 0.305 e. The van der Waals surface area contributed by atoms with Gasteiger partial charge in [-0.2, -0.15) is 0 Å². The number of piperidine rings is 1. The second-order valence-electron chi connectivity index (χ2n) is 6.06. The standard InChI is InChI=1S/C16H29NO4/c1-2-19-15(18)6-4-3-5-11-20-14-12-16(21-13-14)7-9-17-10-8-16/h14,17H,2-13H2,1H3. The van der Waals surface area contributed by atoms with Crippen molar-refractivity contribution >= 4 is 5.97 Å². The van der Waals surface area contributed by atoms with Crippen LogP contribution >= 0.6 is 0 Å². The maximum absolute atomic E-state index is 11.2. The third kappa shape index (κ3) is 5.57. The number of rotatable bonds is 8. The second kappa shape index (κ2) is 8.71. The Morgan fingerprint density at radius 2 is 2.10 bits per heavy atom. The van der Waals surface area contributed by atoms with E-state index in [1.54, 1.807) is 0 Å². The van der Waals surface area contributed by atoms with Crippen molar-refractivity contribution in [3.8, 4) is 0 Å². The van der Waals surface area contributed by atoms with Gasteiger partial charge in [0, 0.05) is 19.4 Å². The Morgan fingerprint density at radius 1 is 1.29 bits per heavy atom. The molecule has 5 nitrogen and oxygen atoms in total. The third-order valence-electron chi connectivity index (χ3n) is 4.37. The summed E-state index contributed by atoms with van der Waals surface area (Å²) in [5.74, 6) is -0.0875. The van der Waals surface area contributed by atoms with Gasteiger partial charge in [0.05, 0.1) is 24.9 Å². The van der Waals surface area contributed by atoms with E-state index >= 15 is 0 Å². The van der Waals surface area contributed by atoms with Crippen LogP contribution in [-0.2, 0) is 19.0 Å². The second-order valence-corrected chi connectivity index (χ2v) is 6.06. The number of nitrogens with one attached hydrogen (secondary N) is 1. The first-order valence-electron chi connectivity index (χ1n) is 8.36. The molecule has 0 aromatic rings. The van der Waals surface area contributed by atoms with Crippen molar-refractivity contribution in [2.24, 2.45) is 0 Å². The normalized spacial score (nSPS) is 24.3. The molecule has 1 N–H and O–H groups in total. The summed E-state index contributed by atoms with van der Waals surface area (Å²) in [4.78, 5) is 11.2. The molecule has 122 valence electrons. The van der Waals surface area contributed by atoms with Gasteiger partial charge in [0.2, 0.25) is 0 Å². The molecule has 2 heterocycles. The lowest BCUT2D eigenvalue weighted by Crippen LogP contribution is -2.41. The molecule has 2 saturated heterocycles. The van der Waals surface area contributed by atoms with E-state index in [2.05, 4.69) is 5.32 Å². The Balaban J connectivity index is 1.49. The molecule has 1 spiro atoms. The highest BCUT2D eigenvalue weighted by Crippen LogP contribution is 2.35. The molecule has 1 atom stereocenters. The maximum Gasteiger partial charge on any atom is 0.305 e. The lowest BCUT2D eigenvalue weighted by atomic mass is 9.89. The molecule has 1 unspecified atom stereocenters. The monoisotopic (exact) mass is 299 g/mol. The van der Waals surface area contributed by atoms with E-state index in [1.807, 2.05) is 6.92 Å². The number of ether oxygens (including phenoxy) is 3. The fraction of sp³-hybridized carbons (Fsp3) is 0.938. The Bertz CT molecular complexity index is 315. The number of unbranched alkanes of at least 4 members (excludes halogenated alkanes) is 2. The molecular weight excluding hydrogens is 270 g/mol. The van der Waals surface area contributed by atoms with Gasteiger partial charge in [-0.3, -0.25) is 4.79 Å². The van der Waals surface area contributed by atoms with Crippen LogP contribution in [0.3, 0.4) is 0 Å². The fourth-order valence-corrected chi connectivity index (χ4v) is 3.17. The first kappa shape index (κ1) is 16.7.